The van der Waals surface area contributed by atoms with E-state index in [0.29, 0.717) is 16.3 Å². The predicted octanol–water partition coefficient (Wildman–Crippen LogP) is 3.41. The van der Waals surface area contributed by atoms with Crippen LogP contribution in [0.4, 0.5) is 0 Å². The van der Waals surface area contributed by atoms with Crippen LogP contribution in [0.2, 0.25) is 0 Å². The summed E-state index contributed by atoms with van der Waals surface area (Å²) in [6, 6.07) is 5.74. The number of amides is 1. The van der Waals surface area contributed by atoms with Crippen molar-refractivity contribution in [3.05, 3.63) is 51.7 Å². The van der Waals surface area contributed by atoms with Crippen LogP contribution in [-0.2, 0) is 0 Å². The van der Waals surface area contributed by atoms with Gasteiger partial charge >= 0.3 is 0 Å². The van der Waals surface area contributed by atoms with Gasteiger partial charge in [-0.05, 0) is 43.7 Å². The van der Waals surface area contributed by atoms with Gasteiger partial charge in [0, 0.05) is 35.8 Å². The van der Waals surface area contributed by atoms with Crippen LogP contribution in [0.3, 0.4) is 0 Å². The van der Waals surface area contributed by atoms with Crippen LogP contribution in [0.25, 0.3) is 16.6 Å². The smallest absolute Gasteiger partial charge is 0.267 e. The number of hydrogen-bond donors (Lipinski definition) is 3. The van der Waals surface area contributed by atoms with Crippen LogP contribution in [-0.4, -0.2) is 25.0 Å². The number of halogens is 1. The third kappa shape index (κ3) is 3.29. The summed E-state index contributed by atoms with van der Waals surface area (Å²) in [6.07, 6.45) is 3.61. The van der Waals surface area contributed by atoms with Crippen LogP contribution < -0.4 is 10.6 Å². The highest BCUT2D eigenvalue weighted by Gasteiger charge is 2.18. The molecule has 0 saturated carbocycles. The Morgan fingerprint density at radius 3 is 2.54 bits per heavy atom. The van der Waals surface area contributed by atoms with E-state index in [9.17, 15) is 10.1 Å². The van der Waals surface area contributed by atoms with Crippen molar-refractivity contribution in [3.8, 4) is 6.07 Å². The topological polar surface area (TPSA) is 80.7 Å². The summed E-state index contributed by atoms with van der Waals surface area (Å²) in [7, 11) is 3.38. The lowest BCUT2D eigenvalue weighted by Gasteiger charge is -2.09. The van der Waals surface area contributed by atoms with E-state index in [0.717, 1.165) is 27.7 Å². The van der Waals surface area contributed by atoms with Gasteiger partial charge in [0.1, 0.15) is 5.69 Å². The highest BCUT2D eigenvalue weighted by atomic mass is 35.5. The summed E-state index contributed by atoms with van der Waals surface area (Å²) in [5.74, 6) is -0.195. The summed E-state index contributed by atoms with van der Waals surface area (Å²) in [5.41, 5.74) is 4.22. The van der Waals surface area contributed by atoms with Gasteiger partial charge in [-0.3, -0.25) is 4.79 Å². The normalized spacial score (nSPS) is 12.2. The Kier molecular flexibility index (Phi) is 5.32. The Morgan fingerprint density at radius 1 is 1.29 bits per heavy atom. The predicted molar refractivity (Wildman–Crippen MR) is 97.8 cm³/mol. The van der Waals surface area contributed by atoms with Gasteiger partial charge in [-0.1, -0.05) is 11.6 Å². The van der Waals surface area contributed by atoms with Gasteiger partial charge < -0.3 is 15.6 Å². The maximum atomic E-state index is 12.1. The van der Waals surface area contributed by atoms with Gasteiger partial charge in [0.15, 0.2) is 0 Å². The van der Waals surface area contributed by atoms with E-state index < -0.39 is 0 Å². The molecule has 0 fully saturated rings. The van der Waals surface area contributed by atoms with Gasteiger partial charge in [-0.15, -0.1) is 0 Å². The first kappa shape index (κ1) is 17.6. The van der Waals surface area contributed by atoms with Crippen molar-refractivity contribution in [1.82, 2.24) is 15.6 Å². The fourth-order valence-corrected chi connectivity index (χ4v) is 2.62. The largest absolute Gasteiger partial charge is 0.388 e. The number of hydrogen-bond acceptors (Lipinski definition) is 3. The Morgan fingerprint density at radius 2 is 2.00 bits per heavy atom. The van der Waals surface area contributed by atoms with Gasteiger partial charge in [0.2, 0.25) is 0 Å². The van der Waals surface area contributed by atoms with Gasteiger partial charge in [0.25, 0.3) is 5.91 Å². The molecule has 0 aliphatic heterocycles. The molecule has 2 aromatic rings. The summed E-state index contributed by atoms with van der Waals surface area (Å²) < 4.78 is 0. The Balaban J connectivity index is 2.82. The molecule has 6 heteroatoms. The van der Waals surface area contributed by atoms with Crippen LogP contribution in [0.1, 0.15) is 34.1 Å². The Hall–Kier alpha value is -2.71. The molecule has 1 amide bonds. The molecule has 0 spiro atoms. The van der Waals surface area contributed by atoms with Crippen molar-refractivity contribution in [3.63, 3.8) is 0 Å². The van der Waals surface area contributed by atoms with E-state index in [2.05, 4.69) is 21.7 Å². The van der Waals surface area contributed by atoms with E-state index in [1.165, 1.54) is 0 Å². The number of aryl methyl sites for hydroxylation is 1. The average molecular weight is 343 g/mol. The molecule has 124 valence electrons. The number of aromatic amines is 1. The number of nitrogens with zero attached hydrogens (tertiary/aromatic N) is 1. The molecular weight excluding hydrogens is 324 g/mol. The van der Waals surface area contributed by atoms with E-state index in [1.807, 2.05) is 13.0 Å². The summed E-state index contributed by atoms with van der Waals surface area (Å²) in [5, 5.41) is 16.6. The fraction of sp³-hybridized carbons (Fsp3) is 0.222. The third-order valence-corrected chi connectivity index (χ3v) is 3.92. The second kappa shape index (κ2) is 7.24. The molecule has 1 heterocycles. The minimum absolute atomic E-state index is 0.195. The summed E-state index contributed by atoms with van der Waals surface area (Å²) >= 11 is 5.91. The van der Waals surface area contributed by atoms with E-state index in [1.54, 1.807) is 39.2 Å². The van der Waals surface area contributed by atoms with E-state index in [4.69, 9.17) is 11.6 Å². The van der Waals surface area contributed by atoms with Crippen molar-refractivity contribution in [1.29, 1.82) is 5.26 Å². The van der Waals surface area contributed by atoms with E-state index >= 15 is 0 Å². The SMILES string of the molecule is CNC(=O)c1[nH]c2c(/C(=C/C=C(\C)Cl)NC)cc(C#N)cc2c1C. The summed E-state index contributed by atoms with van der Waals surface area (Å²) in [6.45, 7) is 3.65. The first-order valence-electron chi connectivity index (χ1n) is 7.43. The second-order valence-corrected chi connectivity index (χ2v) is 5.94. The maximum absolute atomic E-state index is 12.1. The van der Waals surface area contributed by atoms with Gasteiger partial charge in [0.05, 0.1) is 17.1 Å². The lowest BCUT2D eigenvalue weighted by molar-refractivity contribution is 0.0958. The molecular formula is C18H19ClN4O. The van der Waals surface area contributed by atoms with Crippen molar-refractivity contribution in [2.45, 2.75) is 13.8 Å². The van der Waals surface area contributed by atoms with Crippen molar-refractivity contribution >= 4 is 34.1 Å². The van der Waals surface area contributed by atoms with E-state index in [-0.39, 0.29) is 5.91 Å². The third-order valence-electron chi connectivity index (χ3n) is 3.79. The number of rotatable bonds is 4. The molecule has 0 atom stereocenters. The van der Waals surface area contributed by atoms with Crippen LogP contribution in [0.15, 0.2) is 29.3 Å². The molecule has 1 aromatic carbocycles. The number of nitriles is 1. The highest BCUT2D eigenvalue weighted by Crippen LogP contribution is 2.29. The van der Waals surface area contributed by atoms with Crippen molar-refractivity contribution in [2.24, 2.45) is 0 Å². The minimum atomic E-state index is -0.195. The van der Waals surface area contributed by atoms with Crippen molar-refractivity contribution < 1.29 is 4.79 Å². The molecule has 24 heavy (non-hydrogen) atoms. The first-order chi connectivity index (χ1) is 11.4. The molecule has 0 aliphatic rings. The van der Waals surface area contributed by atoms with Crippen LogP contribution in [0.5, 0.6) is 0 Å². The number of aromatic nitrogens is 1. The maximum Gasteiger partial charge on any atom is 0.267 e. The molecule has 0 unspecified atom stereocenters. The molecule has 0 bridgehead atoms. The Labute approximate surface area is 146 Å². The number of allylic oxidation sites excluding steroid dienone is 3. The molecule has 0 saturated heterocycles. The molecule has 2 rings (SSSR count). The molecule has 0 radical (unpaired) electrons. The Bertz CT molecular complexity index is 896. The zero-order valence-corrected chi connectivity index (χ0v) is 14.8. The molecule has 0 aliphatic carbocycles. The van der Waals surface area contributed by atoms with Crippen LogP contribution in [0, 0.1) is 18.3 Å². The second-order valence-electron chi connectivity index (χ2n) is 5.35. The minimum Gasteiger partial charge on any atom is -0.388 e. The zero-order valence-electron chi connectivity index (χ0n) is 14.0. The number of fused-ring (bicyclic) bond motifs is 1. The quantitative estimate of drug-likeness (QED) is 0.745. The lowest BCUT2D eigenvalue weighted by Crippen LogP contribution is -2.19. The molecule has 1 aromatic heterocycles. The monoisotopic (exact) mass is 342 g/mol. The van der Waals surface area contributed by atoms with Crippen LogP contribution >= 0.6 is 11.6 Å². The molecule has 5 nitrogen and oxygen atoms in total. The number of benzene rings is 1. The lowest BCUT2D eigenvalue weighted by atomic mass is 10.0. The summed E-state index contributed by atoms with van der Waals surface area (Å²) in [4.78, 5) is 15.2. The number of carbonyl (C=O) groups is 1. The fourth-order valence-electron chi connectivity index (χ4n) is 2.56. The standard InChI is InChI=1S/C18H19ClN4O/c1-10(19)5-6-15(21-3)14-8-12(9-20)7-13-11(2)16(18(24)22-4)23-17(13)14/h5-8,21,23H,1-4H3,(H,22,24)/b10-5+,15-6-. The number of nitrogens with one attached hydrogen (secondary N) is 3. The highest BCUT2D eigenvalue weighted by molar-refractivity contribution is 6.29. The van der Waals surface area contributed by atoms with Crippen molar-refractivity contribution in [2.75, 3.05) is 14.1 Å². The van der Waals surface area contributed by atoms with Gasteiger partial charge in [-0.25, -0.2) is 0 Å². The first-order valence-corrected chi connectivity index (χ1v) is 7.81. The average Bonchev–Trinajstić information content (AvgIpc) is 2.91. The molecule has 3 N–H and O–H groups in total. The number of H-pyrrole nitrogens is 1. The van der Waals surface area contributed by atoms with Gasteiger partial charge in [-0.2, -0.15) is 5.26 Å². The number of carbonyl (C=O) groups excluding carboxylic acids is 1. The zero-order chi connectivity index (χ0) is 17.9.